The molecule has 502 valence electrons. The molecule has 0 amide bonds. The average Bonchev–Trinajstić information content (AvgIpc) is 3.50. The number of hydrogen-bond donors (Lipinski definition) is 15. The van der Waals surface area contributed by atoms with Crippen LogP contribution in [-0.2, 0) is 14.4 Å². The van der Waals surface area contributed by atoms with Crippen LogP contribution in [0.3, 0.4) is 0 Å². The SMILES string of the molecule is CCCCCCCC/C=C/CCCCCCCC(=O)O.CCCCCCCC/C=C/CCCCCCCC(=O)O.CCCCCCCC/C=C/CCCCCCCC(=O)O.OCC(O)C(O)C(O)C(O)CO.OCC(O)C(O)C(O)C(O)CO. The van der Waals surface area contributed by atoms with Crippen molar-refractivity contribution >= 4 is 17.9 Å². The van der Waals surface area contributed by atoms with Gasteiger partial charge in [0.2, 0.25) is 0 Å². The van der Waals surface area contributed by atoms with E-state index < -0.39 is 93.2 Å². The lowest BCUT2D eigenvalue weighted by atomic mass is 10.0. The quantitative estimate of drug-likeness (QED) is 0.0199. The highest BCUT2D eigenvalue weighted by molar-refractivity contribution is 5.67. The van der Waals surface area contributed by atoms with Crippen molar-refractivity contribution in [2.45, 2.75) is 339 Å². The first-order chi connectivity index (χ1) is 40.4. The lowest BCUT2D eigenvalue weighted by Crippen LogP contribution is -2.46. The summed E-state index contributed by atoms with van der Waals surface area (Å²) in [6.45, 7) is 3.87. The van der Waals surface area contributed by atoms with Crippen LogP contribution in [0, 0.1) is 0 Å². The first kappa shape index (κ1) is 89.9. The van der Waals surface area contributed by atoms with Gasteiger partial charge in [0.05, 0.1) is 26.4 Å². The predicted molar refractivity (Wildman–Crippen MR) is 338 cm³/mol. The van der Waals surface area contributed by atoms with Crippen LogP contribution in [0.25, 0.3) is 0 Å². The van der Waals surface area contributed by atoms with Gasteiger partial charge in [0.1, 0.15) is 48.8 Å². The van der Waals surface area contributed by atoms with Gasteiger partial charge >= 0.3 is 17.9 Å². The van der Waals surface area contributed by atoms with Gasteiger partial charge in [0.15, 0.2) is 0 Å². The molecule has 0 heterocycles. The fourth-order valence-corrected chi connectivity index (χ4v) is 8.38. The average molecular weight is 1210 g/mol. The molecule has 0 aliphatic heterocycles. The zero-order valence-electron chi connectivity index (χ0n) is 53.0. The summed E-state index contributed by atoms with van der Waals surface area (Å²) in [5, 5.41) is 130. The summed E-state index contributed by atoms with van der Waals surface area (Å²) >= 11 is 0. The zero-order chi connectivity index (χ0) is 64.1. The van der Waals surface area contributed by atoms with Gasteiger partial charge in [-0.2, -0.15) is 0 Å². The number of unbranched alkanes of at least 4 members (excludes halogenated alkanes) is 33. The van der Waals surface area contributed by atoms with Crippen molar-refractivity contribution in [3.63, 3.8) is 0 Å². The summed E-state index contributed by atoms with van der Waals surface area (Å²) in [7, 11) is 0. The summed E-state index contributed by atoms with van der Waals surface area (Å²) in [4.78, 5) is 31.0. The van der Waals surface area contributed by atoms with Crippen molar-refractivity contribution in [1.82, 2.24) is 0 Å². The summed E-state index contributed by atoms with van der Waals surface area (Å²) in [6.07, 6.45) is 50.9. The van der Waals surface area contributed by atoms with E-state index in [-0.39, 0.29) is 0 Å². The molecule has 8 unspecified atom stereocenters. The van der Waals surface area contributed by atoms with E-state index in [1.807, 2.05) is 0 Å². The first-order valence-corrected chi connectivity index (χ1v) is 32.9. The third-order valence-corrected chi connectivity index (χ3v) is 14.0. The third-order valence-electron chi connectivity index (χ3n) is 14.0. The van der Waals surface area contributed by atoms with Crippen LogP contribution in [0.2, 0.25) is 0 Å². The molecule has 0 rings (SSSR count). The Labute approximate surface area is 509 Å². The molecule has 8 atom stereocenters. The fraction of sp³-hybridized carbons (Fsp3) is 0.864. The molecule has 0 fully saturated rings. The third kappa shape index (κ3) is 75.2. The van der Waals surface area contributed by atoms with Crippen molar-refractivity contribution in [3.05, 3.63) is 36.5 Å². The number of aliphatic carboxylic acids is 3. The monoisotopic (exact) mass is 1210 g/mol. The van der Waals surface area contributed by atoms with Gasteiger partial charge in [0, 0.05) is 19.3 Å². The molecule has 0 bridgehead atoms. The highest BCUT2D eigenvalue weighted by atomic mass is 16.4. The number of allylic oxidation sites excluding steroid dienone is 6. The Bertz CT molecular complexity index is 1240. The van der Waals surface area contributed by atoms with E-state index in [1.165, 1.54) is 212 Å². The van der Waals surface area contributed by atoms with E-state index in [2.05, 4.69) is 57.2 Å². The predicted octanol–water partition coefficient (Wildman–Crippen LogP) is 11.2. The van der Waals surface area contributed by atoms with Gasteiger partial charge in [0.25, 0.3) is 0 Å². The normalized spacial score (nSPS) is 14.2. The molecule has 0 spiro atoms. The van der Waals surface area contributed by atoms with E-state index >= 15 is 0 Å². The molecular weight excluding hydrogens is 1080 g/mol. The number of aliphatic hydroxyl groups is 12. The largest absolute Gasteiger partial charge is 0.481 e. The summed E-state index contributed by atoms with van der Waals surface area (Å²) in [5.41, 5.74) is 0. The highest BCUT2D eigenvalue weighted by Crippen LogP contribution is 2.14. The number of aliphatic hydroxyl groups excluding tert-OH is 12. The Hall–Kier alpha value is -2.85. The molecule has 84 heavy (non-hydrogen) atoms. The minimum Gasteiger partial charge on any atom is -0.481 e. The van der Waals surface area contributed by atoms with E-state index in [0.717, 1.165) is 38.5 Å². The van der Waals surface area contributed by atoms with Crippen molar-refractivity contribution in [2.75, 3.05) is 26.4 Å². The first-order valence-electron chi connectivity index (χ1n) is 32.9. The summed E-state index contributed by atoms with van der Waals surface area (Å²) in [6, 6.07) is 0. The zero-order valence-corrected chi connectivity index (χ0v) is 53.0. The number of carbonyl (C=O) groups is 3. The van der Waals surface area contributed by atoms with Crippen molar-refractivity contribution in [3.8, 4) is 0 Å². The fourth-order valence-electron chi connectivity index (χ4n) is 8.38. The van der Waals surface area contributed by atoms with Gasteiger partial charge in [-0.05, 0) is 96.3 Å². The van der Waals surface area contributed by atoms with Crippen LogP contribution in [0.15, 0.2) is 36.5 Å². The molecule has 0 aliphatic rings. The highest BCUT2D eigenvalue weighted by Gasteiger charge is 2.30. The van der Waals surface area contributed by atoms with Crippen LogP contribution in [-0.4, -0.2) is 170 Å². The van der Waals surface area contributed by atoms with Crippen molar-refractivity contribution in [2.24, 2.45) is 0 Å². The Morgan fingerprint density at radius 3 is 0.536 bits per heavy atom. The molecule has 0 saturated heterocycles. The van der Waals surface area contributed by atoms with Crippen molar-refractivity contribution < 1.29 is 91.0 Å². The Kier molecular flexibility index (Phi) is 79.6. The summed E-state index contributed by atoms with van der Waals surface area (Å²) in [5.74, 6) is -1.99. The maximum absolute atomic E-state index is 10.3. The molecule has 18 heteroatoms. The minimum atomic E-state index is -1.67. The molecule has 18 nitrogen and oxygen atoms in total. The topological polar surface area (TPSA) is 355 Å². The van der Waals surface area contributed by atoms with Crippen molar-refractivity contribution in [1.29, 1.82) is 0 Å². The van der Waals surface area contributed by atoms with E-state index in [9.17, 15) is 14.4 Å². The second-order valence-corrected chi connectivity index (χ2v) is 22.1. The van der Waals surface area contributed by atoms with Crippen LogP contribution in [0.1, 0.15) is 290 Å². The Morgan fingerprint density at radius 1 is 0.250 bits per heavy atom. The van der Waals surface area contributed by atoms with Gasteiger partial charge < -0.3 is 76.6 Å². The smallest absolute Gasteiger partial charge is 0.303 e. The lowest BCUT2D eigenvalue weighted by Gasteiger charge is -2.24. The van der Waals surface area contributed by atoms with E-state index in [0.29, 0.717) is 19.3 Å². The minimum absolute atomic E-state index is 0.332. The van der Waals surface area contributed by atoms with Gasteiger partial charge in [-0.1, -0.05) is 211 Å². The van der Waals surface area contributed by atoms with Crippen LogP contribution in [0.4, 0.5) is 0 Å². The van der Waals surface area contributed by atoms with Gasteiger partial charge in [-0.15, -0.1) is 0 Å². The van der Waals surface area contributed by atoms with Gasteiger partial charge in [-0.3, -0.25) is 14.4 Å². The van der Waals surface area contributed by atoms with Crippen LogP contribution in [0.5, 0.6) is 0 Å². The summed E-state index contributed by atoms with van der Waals surface area (Å²) < 4.78 is 0. The maximum atomic E-state index is 10.3. The number of rotatable bonds is 55. The van der Waals surface area contributed by atoms with Crippen LogP contribution >= 0.6 is 0 Å². The molecule has 0 radical (unpaired) electrons. The molecular formula is C66H130O18. The molecule has 0 aromatic carbocycles. The van der Waals surface area contributed by atoms with Crippen LogP contribution < -0.4 is 0 Å². The number of carboxylic acid groups (broad SMARTS) is 3. The second kappa shape index (κ2) is 74.4. The maximum Gasteiger partial charge on any atom is 0.303 e. The van der Waals surface area contributed by atoms with Gasteiger partial charge in [-0.25, -0.2) is 0 Å². The number of hydrogen-bond acceptors (Lipinski definition) is 15. The Morgan fingerprint density at radius 2 is 0.393 bits per heavy atom. The molecule has 0 aromatic rings. The van der Waals surface area contributed by atoms with E-state index in [1.54, 1.807) is 0 Å². The molecule has 15 N–H and O–H groups in total. The Balaban J connectivity index is -0.000000315. The van der Waals surface area contributed by atoms with E-state index in [4.69, 9.17) is 76.6 Å². The lowest BCUT2D eigenvalue weighted by molar-refractivity contribution is -0.138. The second-order valence-electron chi connectivity index (χ2n) is 22.1. The molecule has 0 saturated carbocycles. The molecule has 0 aliphatic carbocycles. The number of carboxylic acids is 3. The molecule has 0 aromatic heterocycles. The standard InChI is InChI=1S/3C18H34O2.2C6H14O6/c3*1-2-3-4-5-6-7-8-9-10-11-12-13-14-15-16-17-18(19)20;2*7-1-3(9)5(11)6(12)4(10)2-8/h3*9-10H,2-8,11-17H2,1H3,(H,19,20);2*3-12H,1-2H2/b3*10-9+;;.